The van der Waals surface area contributed by atoms with Crippen molar-refractivity contribution in [3.8, 4) is 23.1 Å². The van der Waals surface area contributed by atoms with E-state index < -0.39 is 0 Å². The summed E-state index contributed by atoms with van der Waals surface area (Å²) in [6, 6.07) is 5.49. The van der Waals surface area contributed by atoms with Gasteiger partial charge in [0.1, 0.15) is 11.8 Å². The number of aromatic amines is 1. The molecule has 0 saturated carbocycles. The molecule has 5 nitrogen and oxygen atoms in total. The molecule has 0 aromatic carbocycles. The van der Waals surface area contributed by atoms with Crippen LogP contribution in [0.1, 0.15) is 5.69 Å². The molecular formula is C10H8N4O. The van der Waals surface area contributed by atoms with Crippen molar-refractivity contribution in [2.45, 2.75) is 0 Å². The Kier molecular flexibility index (Phi) is 2.33. The van der Waals surface area contributed by atoms with E-state index in [1.165, 1.54) is 6.20 Å². The summed E-state index contributed by atoms with van der Waals surface area (Å²) < 4.78 is 5.17. The first kappa shape index (κ1) is 9.21. The second-order valence-corrected chi connectivity index (χ2v) is 2.82. The zero-order chi connectivity index (χ0) is 10.7. The van der Waals surface area contributed by atoms with Gasteiger partial charge in [0.05, 0.1) is 18.4 Å². The summed E-state index contributed by atoms with van der Waals surface area (Å²) in [6.45, 7) is 0. The normalized spacial score (nSPS) is 9.60. The van der Waals surface area contributed by atoms with Crippen LogP contribution in [0.5, 0.6) is 5.75 Å². The molecule has 0 spiro atoms. The number of nitrogens with zero attached hydrogens (tertiary/aromatic N) is 3. The van der Waals surface area contributed by atoms with Crippen molar-refractivity contribution >= 4 is 0 Å². The van der Waals surface area contributed by atoms with Crippen molar-refractivity contribution in [2.24, 2.45) is 0 Å². The van der Waals surface area contributed by atoms with E-state index in [9.17, 15) is 0 Å². The summed E-state index contributed by atoms with van der Waals surface area (Å²) in [5, 5.41) is 15.5. The van der Waals surface area contributed by atoms with Gasteiger partial charge in [-0.05, 0) is 12.1 Å². The Balaban J connectivity index is 2.67. The quantitative estimate of drug-likeness (QED) is 0.794. The second-order valence-electron chi connectivity index (χ2n) is 2.82. The Morgan fingerprint density at radius 3 is 2.87 bits per heavy atom. The second kappa shape index (κ2) is 3.80. The minimum Gasteiger partial charge on any atom is -0.496 e. The zero-order valence-corrected chi connectivity index (χ0v) is 8.06. The van der Waals surface area contributed by atoms with Gasteiger partial charge >= 0.3 is 0 Å². The smallest absolute Gasteiger partial charge is 0.153 e. The maximum absolute atomic E-state index is 8.93. The third kappa shape index (κ3) is 1.53. The first-order chi connectivity index (χ1) is 7.36. The monoisotopic (exact) mass is 200 g/mol. The van der Waals surface area contributed by atoms with Crippen LogP contribution in [0, 0.1) is 11.3 Å². The molecule has 5 heteroatoms. The molecule has 0 bridgehead atoms. The Bertz CT molecular complexity index is 499. The summed E-state index contributed by atoms with van der Waals surface area (Å²) in [4.78, 5) is 3.97. The van der Waals surface area contributed by atoms with Crippen LogP contribution in [0.3, 0.4) is 0 Å². The average molecular weight is 200 g/mol. The zero-order valence-electron chi connectivity index (χ0n) is 8.06. The lowest BCUT2D eigenvalue weighted by molar-refractivity contribution is 0.415. The minimum atomic E-state index is 0.318. The number of methoxy groups -OCH3 is 1. The SMILES string of the molecule is COc1ccnc(C#N)c1-c1ccn[nH]1. The molecule has 0 aliphatic heterocycles. The molecule has 74 valence electrons. The van der Waals surface area contributed by atoms with Gasteiger partial charge in [0.15, 0.2) is 5.69 Å². The summed E-state index contributed by atoms with van der Waals surface area (Å²) in [6.07, 6.45) is 3.15. The molecule has 2 aromatic rings. The molecule has 1 N–H and O–H groups in total. The molecule has 0 amide bonds. The van der Waals surface area contributed by atoms with Gasteiger partial charge in [-0.1, -0.05) is 0 Å². The topological polar surface area (TPSA) is 74.6 Å². The number of hydrogen-bond acceptors (Lipinski definition) is 4. The number of rotatable bonds is 2. The molecule has 2 aromatic heterocycles. The fourth-order valence-corrected chi connectivity index (χ4v) is 1.35. The van der Waals surface area contributed by atoms with E-state index in [4.69, 9.17) is 10.00 Å². The lowest BCUT2D eigenvalue weighted by Crippen LogP contribution is -1.94. The van der Waals surface area contributed by atoms with E-state index in [0.29, 0.717) is 17.0 Å². The number of nitriles is 1. The molecule has 0 saturated heterocycles. The molecular weight excluding hydrogens is 192 g/mol. The van der Waals surface area contributed by atoms with Crippen LogP contribution in [0.4, 0.5) is 0 Å². The summed E-state index contributed by atoms with van der Waals surface area (Å²) >= 11 is 0. The standard InChI is InChI=1S/C10H8N4O/c1-15-9-3-4-12-8(6-11)10(9)7-2-5-13-14-7/h2-5H,1H3,(H,13,14). The van der Waals surface area contributed by atoms with E-state index in [0.717, 1.165) is 5.69 Å². The Labute approximate surface area is 86.3 Å². The minimum absolute atomic E-state index is 0.318. The van der Waals surface area contributed by atoms with Crippen molar-refractivity contribution < 1.29 is 4.74 Å². The van der Waals surface area contributed by atoms with Crippen LogP contribution in [0.2, 0.25) is 0 Å². The van der Waals surface area contributed by atoms with Gasteiger partial charge in [0.25, 0.3) is 0 Å². The fourth-order valence-electron chi connectivity index (χ4n) is 1.35. The average Bonchev–Trinajstić information content (AvgIpc) is 2.81. The number of ether oxygens (including phenoxy) is 1. The molecule has 2 heterocycles. The van der Waals surface area contributed by atoms with Crippen molar-refractivity contribution in [3.05, 3.63) is 30.2 Å². The Morgan fingerprint density at radius 1 is 1.40 bits per heavy atom. The maximum Gasteiger partial charge on any atom is 0.153 e. The first-order valence-corrected chi connectivity index (χ1v) is 4.29. The van der Waals surface area contributed by atoms with E-state index >= 15 is 0 Å². The van der Waals surface area contributed by atoms with Gasteiger partial charge in [0.2, 0.25) is 0 Å². The largest absolute Gasteiger partial charge is 0.496 e. The molecule has 0 atom stereocenters. The summed E-state index contributed by atoms with van der Waals surface area (Å²) in [7, 11) is 1.55. The fraction of sp³-hybridized carbons (Fsp3) is 0.100. The van der Waals surface area contributed by atoms with Gasteiger partial charge in [-0.3, -0.25) is 5.10 Å². The molecule has 0 aliphatic rings. The van der Waals surface area contributed by atoms with Crippen LogP contribution in [-0.2, 0) is 0 Å². The van der Waals surface area contributed by atoms with E-state index in [-0.39, 0.29) is 0 Å². The predicted octanol–water partition coefficient (Wildman–Crippen LogP) is 1.35. The molecule has 0 fully saturated rings. The predicted molar refractivity (Wildman–Crippen MR) is 53.1 cm³/mol. The van der Waals surface area contributed by atoms with Gasteiger partial charge in [-0.25, -0.2) is 4.98 Å². The highest BCUT2D eigenvalue weighted by Crippen LogP contribution is 2.29. The highest BCUT2D eigenvalue weighted by molar-refractivity contribution is 5.71. The summed E-state index contributed by atoms with van der Waals surface area (Å²) in [5.41, 5.74) is 1.68. The number of hydrogen-bond donors (Lipinski definition) is 1. The third-order valence-corrected chi connectivity index (χ3v) is 2.01. The first-order valence-electron chi connectivity index (χ1n) is 4.29. The molecule has 0 radical (unpaired) electrons. The van der Waals surface area contributed by atoms with Crippen LogP contribution < -0.4 is 4.74 Å². The lowest BCUT2D eigenvalue weighted by Gasteiger charge is -2.06. The maximum atomic E-state index is 8.93. The van der Waals surface area contributed by atoms with Crippen LogP contribution in [0.15, 0.2) is 24.5 Å². The van der Waals surface area contributed by atoms with Crippen molar-refractivity contribution in [3.63, 3.8) is 0 Å². The molecule has 2 rings (SSSR count). The third-order valence-electron chi connectivity index (χ3n) is 2.01. The highest BCUT2D eigenvalue weighted by atomic mass is 16.5. The van der Waals surface area contributed by atoms with Crippen molar-refractivity contribution in [1.29, 1.82) is 5.26 Å². The number of H-pyrrole nitrogens is 1. The van der Waals surface area contributed by atoms with E-state index in [1.807, 2.05) is 6.07 Å². The van der Waals surface area contributed by atoms with Gasteiger partial charge < -0.3 is 4.74 Å². The van der Waals surface area contributed by atoms with Gasteiger partial charge in [0, 0.05) is 12.4 Å². The van der Waals surface area contributed by atoms with Crippen LogP contribution >= 0.6 is 0 Å². The Hall–Kier alpha value is -2.35. The van der Waals surface area contributed by atoms with Crippen LogP contribution in [0.25, 0.3) is 11.3 Å². The van der Waals surface area contributed by atoms with Crippen molar-refractivity contribution in [2.75, 3.05) is 7.11 Å². The molecule has 0 unspecified atom stereocenters. The highest BCUT2D eigenvalue weighted by Gasteiger charge is 2.13. The van der Waals surface area contributed by atoms with Crippen LogP contribution in [-0.4, -0.2) is 22.3 Å². The van der Waals surface area contributed by atoms with E-state index in [1.54, 1.807) is 25.4 Å². The van der Waals surface area contributed by atoms with E-state index in [2.05, 4.69) is 15.2 Å². The molecule has 0 aliphatic carbocycles. The number of pyridine rings is 1. The van der Waals surface area contributed by atoms with Crippen molar-refractivity contribution in [1.82, 2.24) is 15.2 Å². The number of nitrogens with one attached hydrogen (secondary N) is 1. The van der Waals surface area contributed by atoms with Gasteiger partial charge in [-0.15, -0.1) is 0 Å². The summed E-state index contributed by atoms with van der Waals surface area (Å²) in [5.74, 6) is 0.603. The molecule has 15 heavy (non-hydrogen) atoms. The Morgan fingerprint density at radius 2 is 2.27 bits per heavy atom. The lowest BCUT2D eigenvalue weighted by atomic mass is 10.1. The number of aromatic nitrogens is 3. The van der Waals surface area contributed by atoms with Gasteiger partial charge in [-0.2, -0.15) is 10.4 Å².